The second-order valence-electron chi connectivity index (χ2n) is 4.45. The van der Waals surface area contributed by atoms with Gasteiger partial charge in [0.15, 0.2) is 0 Å². The standard InChI is InChI=1S/C10H18N4O/c1-7-3-5-8(6-4-7)14(2)10-13-12-9(11)15-10/h7-8H,3-6H2,1-2H3,(H2,11,12). The molecule has 1 aromatic rings. The van der Waals surface area contributed by atoms with Crippen molar-refractivity contribution in [3.63, 3.8) is 0 Å². The Balaban J connectivity index is 1.99. The predicted octanol–water partition coefficient (Wildman–Crippen LogP) is 1.67. The maximum absolute atomic E-state index is 5.40. The Morgan fingerprint density at radius 3 is 2.47 bits per heavy atom. The summed E-state index contributed by atoms with van der Waals surface area (Å²) in [6.45, 7) is 2.31. The van der Waals surface area contributed by atoms with Gasteiger partial charge in [-0.3, -0.25) is 0 Å². The number of nitrogen functional groups attached to an aromatic ring is 1. The van der Waals surface area contributed by atoms with Gasteiger partial charge in [0.1, 0.15) is 0 Å². The molecule has 15 heavy (non-hydrogen) atoms. The van der Waals surface area contributed by atoms with E-state index in [4.69, 9.17) is 10.2 Å². The van der Waals surface area contributed by atoms with Gasteiger partial charge in [0.2, 0.25) is 0 Å². The fourth-order valence-corrected chi connectivity index (χ4v) is 2.15. The SMILES string of the molecule is CC1CCC(N(C)c2nnc(N)o2)CC1. The van der Waals surface area contributed by atoms with E-state index < -0.39 is 0 Å². The first-order chi connectivity index (χ1) is 7.16. The van der Waals surface area contributed by atoms with Crippen molar-refractivity contribution in [2.45, 2.75) is 38.6 Å². The van der Waals surface area contributed by atoms with Crippen molar-refractivity contribution in [2.75, 3.05) is 17.7 Å². The number of hydrogen-bond donors (Lipinski definition) is 1. The van der Waals surface area contributed by atoms with Crippen LogP contribution >= 0.6 is 0 Å². The summed E-state index contributed by atoms with van der Waals surface area (Å²) in [4.78, 5) is 2.05. The molecule has 0 bridgehead atoms. The van der Waals surface area contributed by atoms with Crippen LogP contribution in [0.15, 0.2) is 4.42 Å². The molecule has 84 valence electrons. The average molecular weight is 210 g/mol. The molecule has 2 N–H and O–H groups in total. The van der Waals surface area contributed by atoms with E-state index in [0.717, 1.165) is 5.92 Å². The summed E-state index contributed by atoms with van der Waals surface area (Å²) < 4.78 is 5.21. The number of rotatable bonds is 2. The van der Waals surface area contributed by atoms with Gasteiger partial charge < -0.3 is 15.1 Å². The number of anilines is 2. The first kappa shape index (κ1) is 10.3. The van der Waals surface area contributed by atoms with Crippen LogP contribution < -0.4 is 10.6 Å². The Kier molecular flexibility index (Phi) is 2.79. The van der Waals surface area contributed by atoms with Gasteiger partial charge in [0.05, 0.1) is 0 Å². The van der Waals surface area contributed by atoms with E-state index in [1.165, 1.54) is 25.7 Å². The van der Waals surface area contributed by atoms with E-state index in [2.05, 4.69) is 22.0 Å². The second kappa shape index (κ2) is 4.08. The van der Waals surface area contributed by atoms with Crippen LogP contribution in [-0.4, -0.2) is 23.3 Å². The van der Waals surface area contributed by atoms with Crippen LogP contribution in [0.1, 0.15) is 32.6 Å². The molecule has 0 saturated heterocycles. The number of nitrogens with zero attached hydrogens (tertiary/aromatic N) is 3. The van der Waals surface area contributed by atoms with Crippen LogP contribution in [0.3, 0.4) is 0 Å². The molecule has 1 aliphatic carbocycles. The molecule has 1 saturated carbocycles. The minimum atomic E-state index is 0.140. The highest BCUT2D eigenvalue weighted by Gasteiger charge is 2.24. The van der Waals surface area contributed by atoms with Gasteiger partial charge >= 0.3 is 12.0 Å². The summed E-state index contributed by atoms with van der Waals surface area (Å²) in [5, 5.41) is 7.56. The first-order valence-corrected chi connectivity index (χ1v) is 5.48. The molecule has 0 amide bonds. The van der Waals surface area contributed by atoms with E-state index in [9.17, 15) is 0 Å². The molecule has 0 spiro atoms. The smallest absolute Gasteiger partial charge is 0.319 e. The second-order valence-corrected chi connectivity index (χ2v) is 4.45. The molecule has 2 rings (SSSR count). The predicted molar refractivity (Wildman–Crippen MR) is 58.5 cm³/mol. The van der Waals surface area contributed by atoms with Crippen LogP contribution in [0, 0.1) is 5.92 Å². The third-order valence-corrected chi connectivity index (χ3v) is 3.26. The maximum atomic E-state index is 5.40. The van der Waals surface area contributed by atoms with Gasteiger partial charge in [-0.25, -0.2) is 0 Å². The summed E-state index contributed by atoms with van der Waals surface area (Å²) in [7, 11) is 1.99. The van der Waals surface area contributed by atoms with Crippen LogP contribution in [-0.2, 0) is 0 Å². The Bertz CT molecular complexity index is 317. The van der Waals surface area contributed by atoms with Crippen LogP contribution in [0.4, 0.5) is 12.0 Å². The van der Waals surface area contributed by atoms with Gasteiger partial charge in [-0.05, 0) is 31.6 Å². The lowest BCUT2D eigenvalue weighted by Crippen LogP contribution is -2.35. The zero-order chi connectivity index (χ0) is 10.8. The average Bonchev–Trinajstić information content (AvgIpc) is 2.65. The Morgan fingerprint density at radius 2 is 1.93 bits per heavy atom. The van der Waals surface area contributed by atoms with Gasteiger partial charge in [-0.1, -0.05) is 17.1 Å². The lowest BCUT2D eigenvalue weighted by Gasteiger charge is -2.32. The van der Waals surface area contributed by atoms with Crippen LogP contribution in [0.2, 0.25) is 0 Å². The molecule has 5 heteroatoms. The molecule has 1 fully saturated rings. The van der Waals surface area contributed by atoms with E-state index in [-0.39, 0.29) is 6.01 Å². The highest BCUT2D eigenvalue weighted by atomic mass is 16.4. The van der Waals surface area contributed by atoms with Crippen LogP contribution in [0.25, 0.3) is 0 Å². The maximum Gasteiger partial charge on any atom is 0.319 e. The fraction of sp³-hybridized carbons (Fsp3) is 0.800. The van der Waals surface area contributed by atoms with Gasteiger partial charge in [0.25, 0.3) is 0 Å². The largest absolute Gasteiger partial charge is 0.390 e. The molecule has 0 unspecified atom stereocenters. The highest BCUT2D eigenvalue weighted by Crippen LogP contribution is 2.28. The van der Waals surface area contributed by atoms with Crippen molar-refractivity contribution >= 4 is 12.0 Å². The molecule has 1 aliphatic rings. The number of hydrogen-bond acceptors (Lipinski definition) is 5. The number of aromatic nitrogens is 2. The first-order valence-electron chi connectivity index (χ1n) is 5.48. The summed E-state index contributed by atoms with van der Waals surface area (Å²) in [6, 6.07) is 1.19. The van der Waals surface area contributed by atoms with E-state index in [1.807, 2.05) is 7.05 Å². The van der Waals surface area contributed by atoms with Gasteiger partial charge in [-0.2, -0.15) is 0 Å². The summed E-state index contributed by atoms with van der Waals surface area (Å²) in [5.74, 6) is 0.849. The molecular weight excluding hydrogens is 192 g/mol. The highest BCUT2D eigenvalue weighted by molar-refractivity contribution is 5.28. The van der Waals surface area contributed by atoms with Crippen molar-refractivity contribution in [2.24, 2.45) is 5.92 Å². The minimum absolute atomic E-state index is 0.140. The molecular formula is C10H18N4O. The molecule has 0 aliphatic heterocycles. The van der Waals surface area contributed by atoms with E-state index in [0.29, 0.717) is 12.1 Å². The molecule has 5 nitrogen and oxygen atoms in total. The lowest BCUT2D eigenvalue weighted by atomic mass is 9.87. The van der Waals surface area contributed by atoms with Gasteiger partial charge in [0, 0.05) is 13.1 Å². The number of nitrogens with two attached hydrogens (primary N) is 1. The Labute approximate surface area is 89.6 Å². The van der Waals surface area contributed by atoms with E-state index >= 15 is 0 Å². The summed E-state index contributed by atoms with van der Waals surface area (Å²) >= 11 is 0. The Hall–Kier alpha value is -1.26. The molecule has 0 radical (unpaired) electrons. The van der Waals surface area contributed by atoms with Crippen molar-refractivity contribution in [3.05, 3.63) is 0 Å². The van der Waals surface area contributed by atoms with Crippen molar-refractivity contribution in [3.8, 4) is 0 Å². The van der Waals surface area contributed by atoms with Crippen molar-refractivity contribution < 1.29 is 4.42 Å². The van der Waals surface area contributed by atoms with Crippen LogP contribution in [0.5, 0.6) is 0 Å². The third-order valence-electron chi connectivity index (χ3n) is 3.26. The monoisotopic (exact) mass is 210 g/mol. The summed E-state index contributed by atoms with van der Waals surface area (Å²) in [6.07, 6.45) is 4.94. The van der Waals surface area contributed by atoms with Gasteiger partial charge in [-0.15, -0.1) is 0 Å². The molecule has 0 aromatic carbocycles. The molecule has 1 heterocycles. The summed E-state index contributed by atoms with van der Waals surface area (Å²) in [5.41, 5.74) is 5.40. The normalized spacial score (nSPS) is 26.5. The zero-order valence-electron chi connectivity index (χ0n) is 9.31. The zero-order valence-corrected chi connectivity index (χ0v) is 9.31. The Morgan fingerprint density at radius 1 is 1.27 bits per heavy atom. The fourth-order valence-electron chi connectivity index (χ4n) is 2.15. The third kappa shape index (κ3) is 2.22. The van der Waals surface area contributed by atoms with E-state index in [1.54, 1.807) is 0 Å². The lowest BCUT2D eigenvalue weighted by molar-refractivity contribution is 0.332. The molecule has 0 atom stereocenters. The minimum Gasteiger partial charge on any atom is -0.390 e. The van der Waals surface area contributed by atoms with Crippen molar-refractivity contribution in [1.29, 1.82) is 0 Å². The molecule has 1 aromatic heterocycles. The topological polar surface area (TPSA) is 68.2 Å². The van der Waals surface area contributed by atoms with Crippen molar-refractivity contribution in [1.82, 2.24) is 10.2 Å². The quantitative estimate of drug-likeness (QED) is 0.804.